The Morgan fingerprint density at radius 3 is 2.67 bits per heavy atom. The third-order valence-electron chi connectivity index (χ3n) is 3.66. The molecular weight excluding hydrogens is 319 g/mol. The number of carbonyl (C=O) groups excluding carboxylic acids is 1. The Hall–Kier alpha value is -2.76. The molecule has 0 unspecified atom stereocenters. The van der Waals surface area contributed by atoms with Gasteiger partial charge in [-0.15, -0.1) is 0 Å². The smallest absolute Gasteiger partial charge is 0.416 e. The quantitative estimate of drug-likeness (QED) is 0.716. The molecule has 1 aromatic heterocycles. The van der Waals surface area contributed by atoms with Crippen LogP contribution in [-0.2, 0) is 28.7 Å². The Labute approximate surface area is 136 Å². The molecule has 0 saturated heterocycles. The molecule has 6 heteroatoms. The van der Waals surface area contributed by atoms with Gasteiger partial charge in [-0.1, -0.05) is 30.3 Å². The minimum absolute atomic E-state index is 0.0585. The molecule has 1 heterocycles. The van der Waals surface area contributed by atoms with Gasteiger partial charge in [0.2, 0.25) is 0 Å². The number of rotatable bonds is 4. The zero-order valence-corrected chi connectivity index (χ0v) is 12.6. The molecule has 0 atom stereocenters. The lowest BCUT2D eigenvalue weighted by molar-refractivity contribution is -0.144. The second-order valence-electron chi connectivity index (χ2n) is 5.40. The van der Waals surface area contributed by atoms with Crippen LogP contribution in [0.3, 0.4) is 0 Å². The van der Waals surface area contributed by atoms with Crippen molar-refractivity contribution in [1.29, 1.82) is 0 Å². The van der Waals surface area contributed by atoms with Gasteiger partial charge in [0, 0.05) is 17.1 Å². The summed E-state index contributed by atoms with van der Waals surface area (Å²) in [6.07, 6.45) is -2.62. The molecule has 0 saturated carbocycles. The van der Waals surface area contributed by atoms with Crippen molar-refractivity contribution >= 4 is 16.9 Å². The first kappa shape index (κ1) is 16.1. The summed E-state index contributed by atoms with van der Waals surface area (Å²) in [6.45, 7) is -0.189. The molecule has 124 valence electrons. The minimum Gasteiger partial charge on any atom is -0.461 e. The fourth-order valence-corrected chi connectivity index (χ4v) is 2.49. The maximum absolute atomic E-state index is 12.7. The fourth-order valence-electron chi connectivity index (χ4n) is 2.49. The van der Waals surface area contributed by atoms with E-state index in [1.165, 1.54) is 12.1 Å². The first-order valence-electron chi connectivity index (χ1n) is 7.30. The Kier molecular flexibility index (Phi) is 4.29. The number of fused-ring (bicyclic) bond motifs is 1. The molecule has 3 aromatic rings. The van der Waals surface area contributed by atoms with Crippen LogP contribution in [-0.4, -0.2) is 11.0 Å². The van der Waals surface area contributed by atoms with Crippen molar-refractivity contribution in [2.24, 2.45) is 0 Å². The zero-order valence-electron chi connectivity index (χ0n) is 12.6. The molecule has 0 aliphatic rings. The summed E-state index contributed by atoms with van der Waals surface area (Å²) in [5.41, 5.74) is 1.25. The lowest BCUT2D eigenvalue weighted by atomic mass is 10.1. The van der Waals surface area contributed by atoms with Crippen LogP contribution in [0.4, 0.5) is 13.2 Å². The predicted octanol–water partition coefficient (Wildman–Crippen LogP) is 4.47. The molecule has 0 spiro atoms. The normalized spacial score (nSPS) is 11.6. The van der Waals surface area contributed by atoms with Crippen LogP contribution in [0.15, 0.2) is 54.7 Å². The van der Waals surface area contributed by atoms with E-state index in [0.717, 1.165) is 28.6 Å². The Morgan fingerprint density at radius 2 is 1.88 bits per heavy atom. The molecule has 0 bridgehead atoms. The van der Waals surface area contributed by atoms with Crippen LogP contribution in [0.1, 0.15) is 16.7 Å². The molecule has 2 aromatic carbocycles. The molecule has 0 aliphatic carbocycles. The number of halogens is 3. The highest BCUT2D eigenvalue weighted by Crippen LogP contribution is 2.29. The summed E-state index contributed by atoms with van der Waals surface area (Å²) in [5, 5.41) is 0.925. The average molecular weight is 333 g/mol. The van der Waals surface area contributed by atoms with E-state index in [0.29, 0.717) is 5.56 Å². The van der Waals surface area contributed by atoms with Gasteiger partial charge in [-0.05, 0) is 29.3 Å². The first-order valence-corrected chi connectivity index (χ1v) is 7.30. The molecule has 0 radical (unpaired) electrons. The van der Waals surface area contributed by atoms with Crippen molar-refractivity contribution in [3.63, 3.8) is 0 Å². The van der Waals surface area contributed by atoms with Crippen LogP contribution in [0.2, 0.25) is 0 Å². The number of aromatic nitrogens is 1. The molecular formula is C18H14F3NO2. The summed E-state index contributed by atoms with van der Waals surface area (Å²) in [6, 6.07) is 12.3. The molecule has 24 heavy (non-hydrogen) atoms. The summed E-state index contributed by atoms with van der Waals surface area (Å²) in [4.78, 5) is 15.0. The van der Waals surface area contributed by atoms with Crippen LogP contribution < -0.4 is 0 Å². The SMILES string of the molecule is O=C(Cc1c[nH]c2ccccc12)OCc1cccc(C(F)(F)F)c1. The Bertz CT molecular complexity index is 868. The third kappa shape index (κ3) is 3.59. The number of alkyl halides is 3. The number of ether oxygens (including phenoxy) is 1. The van der Waals surface area contributed by atoms with Crippen molar-refractivity contribution in [3.05, 3.63) is 71.4 Å². The number of esters is 1. The van der Waals surface area contributed by atoms with Crippen molar-refractivity contribution in [1.82, 2.24) is 4.98 Å². The monoisotopic (exact) mass is 333 g/mol. The predicted molar refractivity (Wildman–Crippen MR) is 83.2 cm³/mol. The molecule has 0 aliphatic heterocycles. The highest BCUT2D eigenvalue weighted by molar-refractivity contribution is 5.87. The number of hydrogen-bond donors (Lipinski definition) is 1. The van der Waals surface area contributed by atoms with Crippen molar-refractivity contribution in [3.8, 4) is 0 Å². The zero-order chi connectivity index (χ0) is 17.2. The Morgan fingerprint density at radius 1 is 1.08 bits per heavy atom. The fraction of sp³-hybridized carbons (Fsp3) is 0.167. The standard InChI is InChI=1S/C18H14F3NO2/c19-18(20,21)14-5-3-4-12(8-14)11-24-17(23)9-13-10-22-16-7-2-1-6-15(13)16/h1-8,10,22H,9,11H2. The molecule has 3 rings (SSSR count). The van der Waals surface area contributed by atoms with Gasteiger partial charge in [-0.25, -0.2) is 0 Å². The van der Waals surface area contributed by atoms with Crippen molar-refractivity contribution < 1.29 is 22.7 Å². The summed E-state index contributed by atoms with van der Waals surface area (Å²) in [7, 11) is 0. The van der Waals surface area contributed by atoms with Gasteiger partial charge in [0.25, 0.3) is 0 Å². The van der Waals surface area contributed by atoms with Crippen LogP contribution in [0.5, 0.6) is 0 Å². The number of H-pyrrole nitrogens is 1. The summed E-state index contributed by atoms with van der Waals surface area (Å²) < 4.78 is 43.1. The second-order valence-corrected chi connectivity index (χ2v) is 5.40. The lowest BCUT2D eigenvalue weighted by Gasteiger charge is -2.09. The maximum Gasteiger partial charge on any atom is 0.416 e. The van der Waals surface area contributed by atoms with Gasteiger partial charge in [0.15, 0.2) is 0 Å². The molecule has 3 nitrogen and oxygen atoms in total. The maximum atomic E-state index is 12.7. The number of carbonyl (C=O) groups is 1. The van der Waals surface area contributed by atoms with Crippen molar-refractivity contribution in [2.45, 2.75) is 19.2 Å². The van der Waals surface area contributed by atoms with Gasteiger partial charge in [-0.2, -0.15) is 13.2 Å². The van der Waals surface area contributed by atoms with Crippen molar-refractivity contribution in [2.75, 3.05) is 0 Å². The summed E-state index contributed by atoms with van der Waals surface area (Å²) >= 11 is 0. The number of nitrogens with one attached hydrogen (secondary N) is 1. The van der Waals surface area contributed by atoms with Crippen LogP contribution in [0.25, 0.3) is 10.9 Å². The second kappa shape index (κ2) is 6.39. The summed E-state index contributed by atoms with van der Waals surface area (Å²) in [5.74, 6) is -0.489. The number of aromatic amines is 1. The molecule has 0 amide bonds. The highest BCUT2D eigenvalue weighted by Gasteiger charge is 2.30. The van der Waals surface area contributed by atoms with E-state index >= 15 is 0 Å². The van der Waals surface area contributed by atoms with E-state index < -0.39 is 17.7 Å². The molecule has 1 N–H and O–H groups in total. The van der Waals surface area contributed by atoms with E-state index in [1.54, 1.807) is 6.20 Å². The van der Waals surface area contributed by atoms with Crippen LogP contribution >= 0.6 is 0 Å². The Balaban J connectivity index is 1.64. The lowest BCUT2D eigenvalue weighted by Crippen LogP contribution is -2.09. The number of benzene rings is 2. The van der Waals surface area contributed by atoms with E-state index in [1.807, 2.05) is 24.3 Å². The number of hydrogen-bond acceptors (Lipinski definition) is 2. The topological polar surface area (TPSA) is 42.1 Å². The van der Waals surface area contributed by atoms with Gasteiger partial charge in [0.1, 0.15) is 6.61 Å². The third-order valence-corrected chi connectivity index (χ3v) is 3.66. The van der Waals surface area contributed by atoms with Gasteiger partial charge in [-0.3, -0.25) is 4.79 Å². The largest absolute Gasteiger partial charge is 0.461 e. The van der Waals surface area contributed by atoms with Gasteiger partial charge < -0.3 is 9.72 Å². The first-order chi connectivity index (χ1) is 11.4. The molecule has 0 fully saturated rings. The number of para-hydroxylation sites is 1. The minimum atomic E-state index is -4.41. The van der Waals surface area contributed by atoms with Gasteiger partial charge in [0.05, 0.1) is 12.0 Å². The van der Waals surface area contributed by atoms with Crippen LogP contribution in [0, 0.1) is 0 Å². The van der Waals surface area contributed by atoms with E-state index in [4.69, 9.17) is 4.74 Å². The average Bonchev–Trinajstić information content (AvgIpc) is 2.96. The van der Waals surface area contributed by atoms with E-state index in [9.17, 15) is 18.0 Å². The van der Waals surface area contributed by atoms with Gasteiger partial charge >= 0.3 is 12.1 Å². The van der Waals surface area contributed by atoms with E-state index in [-0.39, 0.29) is 13.0 Å². The van der Waals surface area contributed by atoms with E-state index in [2.05, 4.69) is 4.98 Å². The highest BCUT2D eigenvalue weighted by atomic mass is 19.4.